The first-order chi connectivity index (χ1) is 11.9. The summed E-state index contributed by atoms with van der Waals surface area (Å²) >= 11 is 0. The van der Waals surface area contributed by atoms with E-state index in [-0.39, 0.29) is 17.9 Å². The van der Waals surface area contributed by atoms with E-state index in [9.17, 15) is 9.50 Å². The van der Waals surface area contributed by atoms with Crippen LogP contribution in [0, 0.1) is 5.82 Å². The van der Waals surface area contributed by atoms with E-state index in [0.29, 0.717) is 12.1 Å². The topological polar surface area (TPSA) is 63.0 Å². The molecule has 1 aromatic carbocycles. The minimum absolute atomic E-state index is 0.143. The first-order valence-corrected chi connectivity index (χ1v) is 9.06. The van der Waals surface area contributed by atoms with Crippen LogP contribution in [0.25, 0.3) is 0 Å². The predicted octanol–water partition coefficient (Wildman–Crippen LogP) is 2.96. The van der Waals surface area contributed by atoms with Gasteiger partial charge in [0, 0.05) is 6.04 Å². The van der Waals surface area contributed by atoms with E-state index < -0.39 is 5.60 Å². The molecule has 3 rings (SSSR count). The van der Waals surface area contributed by atoms with Crippen molar-refractivity contribution in [1.29, 1.82) is 0 Å². The molecular formula is C19H27FN4O. The van der Waals surface area contributed by atoms with Gasteiger partial charge in [0.25, 0.3) is 0 Å². The smallest absolute Gasteiger partial charge is 0.126 e. The van der Waals surface area contributed by atoms with Gasteiger partial charge < -0.3 is 10.4 Å². The van der Waals surface area contributed by atoms with E-state index in [1.54, 1.807) is 19.9 Å². The minimum Gasteiger partial charge on any atom is -0.384 e. The van der Waals surface area contributed by atoms with Crippen LogP contribution in [0.5, 0.6) is 0 Å². The highest BCUT2D eigenvalue weighted by atomic mass is 19.1. The number of aromatic nitrogens is 3. The molecule has 1 saturated carbocycles. The van der Waals surface area contributed by atoms with Crippen molar-refractivity contribution in [1.82, 2.24) is 20.3 Å². The van der Waals surface area contributed by atoms with Crippen LogP contribution in [-0.4, -0.2) is 32.7 Å². The minimum atomic E-state index is -0.985. The number of rotatable bonds is 6. The van der Waals surface area contributed by atoms with Gasteiger partial charge in [-0.1, -0.05) is 36.3 Å². The van der Waals surface area contributed by atoms with Crippen molar-refractivity contribution in [3.63, 3.8) is 0 Å². The largest absolute Gasteiger partial charge is 0.384 e. The first kappa shape index (κ1) is 18.0. The van der Waals surface area contributed by atoms with Gasteiger partial charge >= 0.3 is 0 Å². The second kappa shape index (κ2) is 7.62. The highest BCUT2D eigenvalue weighted by molar-refractivity contribution is 5.17. The molecule has 0 saturated heterocycles. The van der Waals surface area contributed by atoms with E-state index in [1.807, 2.05) is 23.0 Å². The highest BCUT2D eigenvalue weighted by Crippen LogP contribution is 2.29. The van der Waals surface area contributed by atoms with Gasteiger partial charge in [-0.25, -0.2) is 9.07 Å². The lowest BCUT2D eigenvalue weighted by molar-refractivity contribution is 0.0736. The van der Waals surface area contributed by atoms with Gasteiger partial charge in [-0.3, -0.25) is 0 Å². The maximum atomic E-state index is 13.7. The van der Waals surface area contributed by atoms with Gasteiger partial charge in [0.05, 0.1) is 12.2 Å². The van der Waals surface area contributed by atoms with Crippen LogP contribution >= 0.6 is 0 Å². The van der Waals surface area contributed by atoms with E-state index >= 15 is 0 Å². The summed E-state index contributed by atoms with van der Waals surface area (Å²) in [5, 5.41) is 22.0. The summed E-state index contributed by atoms with van der Waals surface area (Å²) in [7, 11) is 0. The SMILES string of the molecule is CC(C)(O)c1cn([C@@H]2CCCC[C@@H]2NCCc2ccccc2F)nn1. The Bertz CT molecular complexity index is 695. The molecule has 2 N–H and O–H groups in total. The average molecular weight is 346 g/mol. The van der Waals surface area contributed by atoms with Gasteiger partial charge in [0.1, 0.15) is 17.1 Å². The van der Waals surface area contributed by atoms with E-state index in [1.165, 1.54) is 12.5 Å². The van der Waals surface area contributed by atoms with Crippen LogP contribution in [0.2, 0.25) is 0 Å². The molecule has 1 aliphatic carbocycles. The number of aliphatic hydroxyl groups is 1. The van der Waals surface area contributed by atoms with Crippen molar-refractivity contribution in [3.8, 4) is 0 Å². The molecule has 1 fully saturated rings. The number of benzene rings is 1. The van der Waals surface area contributed by atoms with Crippen LogP contribution in [0.15, 0.2) is 30.5 Å². The maximum Gasteiger partial charge on any atom is 0.126 e. The van der Waals surface area contributed by atoms with Crippen LogP contribution in [-0.2, 0) is 12.0 Å². The number of hydrogen-bond acceptors (Lipinski definition) is 4. The van der Waals surface area contributed by atoms with Crippen LogP contribution in [0.3, 0.4) is 0 Å². The third-order valence-electron chi connectivity index (χ3n) is 4.97. The number of nitrogens with zero attached hydrogens (tertiary/aromatic N) is 3. The lowest BCUT2D eigenvalue weighted by Crippen LogP contribution is -2.41. The van der Waals surface area contributed by atoms with Crippen LogP contribution in [0.1, 0.15) is 56.8 Å². The molecule has 6 heteroatoms. The Morgan fingerprint density at radius 3 is 2.76 bits per heavy atom. The van der Waals surface area contributed by atoms with Crippen LogP contribution in [0.4, 0.5) is 4.39 Å². The number of halogens is 1. The van der Waals surface area contributed by atoms with Crippen molar-refractivity contribution in [3.05, 3.63) is 47.5 Å². The van der Waals surface area contributed by atoms with Gasteiger partial charge in [-0.2, -0.15) is 0 Å². The molecule has 25 heavy (non-hydrogen) atoms. The quantitative estimate of drug-likeness (QED) is 0.844. The Morgan fingerprint density at radius 2 is 2.04 bits per heavy atom. The fourth-order valence-corrected chi connectivity index (χ4v) is 3.48. The molecule has 0 radical (unpaired) electrons. The zero-order valence-corrected chi connectivity index (χ0v) is 15.0. The zero-order valence-electron chi connectivity index (χ0n) is 15.0. The average Bonchev–Trinajstić information content (AvgIpc) is 3.07. The Balaban J connectivity index is 1.63. The molecule has 1 aliphatic rings. The Morgan fingerprint density at radius 1 is 1.28 bits per heavy atom. The summed E-state index contributed by atoms with van der Waals surface area (Å²) in [5.74, 6) is -0.143. The molecule has 0 amide bonds. The summed E-state index contributed by atoms with van der Waals surface area (Å²) in [6, 6.07) is 7.44. The molecule has 0 unspecified atom stereocenters. The summed E-state index contributed by atoms with van der Waals surface area (Å²) < 4.78 is 15.6. The molecule has 1 aromatic heterocycles. The van der Waals surface area contributed by atoms with Gasteiger partial charge in [-0.15, -0.1) is 5.10 Å². The lowest BCUT2D eigenvalue weighted by atomic mass is 9.90. The summed E-state index contributed by atoms with van der Waals surface area (Å²) in [6.07, 6.45) is 6.96. The normalized spacial score (nSPS) is 21.4. The molecule has 0 spiro atoms. The first-order valence-electron chi connectivity index (χ1n) is 9.06. The van der Waals surface area contributed by atoms with Crippen molar-refractivity contribution in [2.75, 3.05) is 6.54 Å². The van der Waals surface area contributed by atoms with Gasteiger partial charge in [-0.05, 0) is 51.3 Å². The van der Waals surface area contributed by atoms with E-state index in [0.717, 1.165) is 31.4 Å². The number of hydrogen-bond donors (Lipinski definition) is 2. The zero-order chi connectivity index (χ0) is 17.9. The van der Waals surface area contributed by atoms with Gasteiger partial charge in [0.15, 0.2) is 0 Å². The standard InChI is InChI=1S/C19H27FN4O/c1-19(2,25)18-13-24(23-22-18)17-10-6-5-9-16(17)21-12-11-14-7-3-4-8-15(14)20/h3-4,7-8,13,16-17,21,25H,5-6,9-12H2,1-2H3/t16-,17+/m0/s1. The fraction of sp³-hybridized carbons (Fsp3) is 0.579. The Labute approximate surface area is 148 Å². The molecule has 5 nitrogen and oxygen atoms in total. The predicted molar refractivity (Wildman–Crippen MR) is 94.7 cm³/mol. The molecule has 136 valence electrons. The summed E-state index contributed by atoms with van der Waals surface area (Å²) in [4.78, 5) is 0. The second-order valence-electron chi connectivity index (χ2n) is 7.40. The Hall–Kier alpha value is -1.79. The van der Waals surface area contributed by atoms with E-state index in [4.69, 9.17) is 0 Å². The summed E-state index contributed by atoms with van der Waals surface area (Å²) in [5.41, 5.74) is 0.344. The third kappa shape index (κ3) is 4.44. The molecular weight excluding hydrogens is 319 g/mol. The molecule has 2 atom stereocenters. The molecule has 0 bridgehead atoms. The Kier molecular flexibility index (Phi) is 5.49. The molecule has 1 heterocycles. The van der Waals surface area contributed by atoms with E-state index in [2.05, 4.69) is 15.6 Å². The summed E-state index contributed by atoms with van der Waals surface area (Å²) in [6.45, 7) is 4.16. The van der Waals surface area contributed by atoms with Crippen molar-refractivity contribution < 1.29 is 9.50 Å². The van der Waals surface area contributed by atoms with Crippen molar-refractivity contribution in [2.24, 2.45) is 0 Å². The molecule has 2 aromatic rings. The monoisotopic (exact) mass is 346 g/mol. The highest BCUT2D eigenvalue weighted by Gasteiger charge is 2.29. The van der Waals surface area contributed by atoms with Crippen molar-refractivity contribution in [2.45, 2.75) is 63.6 Å². The maximum absolute atomic E-state index is 13.7. The van der Waals surface area contributed by atoms with Crippen LogP contribution < -0.4 is 5.32 Å². The molecule has 0 aliphatic heterocycles. The lowest BCUT2D eigenvalue weighted by Gasteiger charge is -2.32. The van der Waals surface area contributed by atoms with Crippen molar-refractivity contribution >= 4 is 0 Å². The number of nitrogens with one attached hydrogen (secondary N) is 1. The third-order valence-corrected chi connectivity index (χ3v) is 4.97. The fourth-order valence-electron chi connectivity index (χ4n) is 3.48. The second-order valence-corrected chi connectivity index (χ2v) is 7.40. The van der Waals surface area contributed by atoms with Gasteiger partial charge in [0.2, 0.25) is 0 Å².